The smallest absolute Gasteiger partial charge is 0.0505 e. The summed E-state index contributed by atoms with van der Waals surface area (Å²) in [5.74, 6) is 0.724. The van der Waals surface area contributed by atoms with E-state index in [2.05, 4.69) is 63.5 Å². The lowest BCUT2D eigenvalue weighted by Gasteiger charge is -2.30. The Kier molecular flexibility index (Phi) is 5.12. The largest absolute Gasteiger partial charge is 0.317 e. The van der Waals surface area contributed by atoms with Crippen molar-refractivity contribution in [2.45, 2.75) is 55.0 Å². The summed E-state index contributed by atoms with van der Waals surface area (Å²) < 4.78 is 2.48. The number of benzene rings is 2. The van der Waals surface area contributed by atoms with E-state index in [1.165, 1.54) is 61.3 Å². The van der Waals surface area contributed by atoms with E-state index < -0.39 is 0 Å². The molecule has 2 heterocycles. The highest BCUT2D eigenvalue weighted by Gasteiger charge is 2.40. The molecule has 1 aliphatic carbocycles. The van der Waals surface area contributed by atoms with Crippen molar-refractivity contribution in [3.63, 3.8) is 0 Å². The SMILES string of the molecule is c1ccc(SN2CCCc3cc(C4CC4NC4CCNCC4)ccc32)cc1. The van der Waals surface area contributed by atoms with Crippen LogP contribution in [0, 0.1) is 0 Å². The van der Waals surface area contributed by atoms with Gasteiger partial charge in [-0.1, -0.05) is 30.3 Å². The van der Waals surface area contributed by atoms with Crippen molar-refractivity contribution >= 4 is 17.6 Å². The van der Waals surface area contributed by atoms with E-state index in [9.17, 15) is 0 Å². The van der Waals surface area contributed by atoms with Gasteiger partial charge in [0.15, 0.2) is 0 Å². The molecule has 0 amide bonds. The van der Waals surface area contributed by atoms with Crippen molar-refractivity contribution in [3.8, 4) is 0 Å². The second kappa shape index (κ2) is 7.86. The molecule has 3 nitrogen and oxygen atoms in total. The Morgan fingerprint density at radius 3 is 2.74 bits per heavy atom. The maximum Gasteiger partial charge on any atom is 0.0505 e. The van der Waals surface area contributed by atoms with E-state index in [1.54, 1.807) is 5.56 Å². The molecule has 0 spiro atoms. The average molecular weight is 380 g/mol. The Labute approximate surface area is 167 Å². The zero-order chi connectivity index (χ0) is 18.1. The zero-order valence-corrected chi connectivity index (χ0v) is 16.7. The highest BCUT2D eigenvalue weighted by molar-refractivity contribution is 8.00. The van der Waals surface area contributed by atoms with Gasteiger partial charge < -0.3 is 14.9 Å². The second-order valence-electron chi connectivity index (χ2n) is 8.14. The van der Waals surface area contributed by atoms with Crippen molar-refractivity contribution in [1.82, 2.24) is 10.6 Å². The molecule has 4 heteroatoms. The van der Waals surface area contributed by atoms with Gasteiger partial charge >= 0.3 is 0 Å². The van der Waals surface area contributed by atoms with Crippen LogP contribution in [0.15, 0.2) is 53.4 Å². The first-order chi connectivity index (χ1) is 13.4. The Balaban J connectivity index is 1.26. The molecule has 2 aliphatic heterocycles. The Bertz CT molecular complexity index is 772. The number of anilines is 1. The minimum atomic E-state index is 0.699. The average Bonchev–Trinajstić information content (AvgIpc) is 3.48. The molecule has 27 heavy (non-hydrogen) atoms. The van der Waals surface area contributed by atoms with Crippen molar-refractivity contribution in [3.05, 3.63) is 59.7 Å². The molecule has 0 aromatic heterocycles. The van der Waals surface area contributed by atoms with Gasteiger partial charge in [0.25, 0.3) is 0 Å². The van der Waals surface area contributed by atoms with Crippen molar-refractivity contribution in [2.24, 2.45) is 0 Å². The molecule has 2 aromatic rings. The highest BCUT2D eigenvalue weighted by Crippen LogP contribution is 2.44. The standard InChI is InChI=1S/C23H29N3S/c1-2-6-20(7-3-1)27-26-14-4-5-18-15-17(8-9-23(18)26)21-16-22(21)25-19-10-12-24-13-11-19/h1-3,6-9,15,19,21-22,24-25H,4-5,10-14,16H2. The lowest BCUT2D eigenvalue weighted by molar-refractivity contribution is 0.383. The first-order valence-electron chi connectivity index (χ1n) is 10.5. The molecule has 2 atom stereocenters. The Morgan fingerprint density at radius 1 is 1.04 bits per heavy atom. The van der Waals surface area contributed by atoms with Gasteiger partial charge in [-0.05, 0) is 86.5 Å². The normalized spacial score (nSPS) is 25.3. The van der Waals surface area contributed by atoms with Gasteiger partial charge in [0, 0.05) is 29.4 Å². The molecule has 1 saturated carbocycles. The van der Waals surface area contributed by atoms with Gasteiger partial charge in [-0.2, -0.15) is 0 Å². The summed E-state index contributed by atoms with van der Waals surface area (Å²) in [6.45, 7) is 3.47. The van der Waals surface area contributed by atoms with Crippen LogP contribution in [0.4, 0.5) is 5.69 Å². The highest BCUT2D eigenvalue weighted by atomic mass is 32.2. The van der Waals surface area contributed by atoms with Crippen LogP contribution >= 0.6 is 11.9 Å². The van der Waals surface area contributed by atoms with Crippen LogP contribution < -0.4 is 14.9 Å². The summed E-state index contributed by atoms with van der Waals surface area (Å²) >= 11 is 1.88. The van der Waals surface area contributed by atoms with Crippen molar-refractivity contribution < 1.29 is 0 Å². The van der Waals surface area contributed by atoms with Gasteiger partial charge in [-0.15, -0.1) is 0 Å². The summed E-state index contributed by atoms with van der Waals surface area (Å²) in [7, 11) is 0. The number of nitrogens with zero attached hydrogens (tertiary/aromatic N) is 1. The van der Waals surface area contributed by atoms with Gasteiger partial charge in [0.05, 0.1) is 5.69 Å². The van der Waals surface area contributed by atoms with Crippen LogP contribution in [0.2, 0.25) is 0 Å². The van der Waals surface area contributed by atoms with E-state index in [0.717, 1.165) is 18.5 Å². The number of nitrogens with one attached hydrogen (secondary N) is 2. The fourth-order valence-electron chi connectivity index (χ4n) is 4.56. The topological polar surface area (TPSA) is 27.3 Å². The fraction of sp³-hybridized carbons (Fsp3) is 0.478. The predicted molar refractivity (Wildman–Crippen MR) is 115 cm³/mol. The molecule has 2 fully saturated rings. The molecular formula is C23H29N3S. The van der Waals surface area contributed by atoms with E-state index in [-0.39, 0.29) is 0 Å². The van der Waals surface area contributed by atoms with Crippen LogP contribution in [0.1, 0.15) is 42.7 Å². The molecule has 3 aliphatic rings. The molecule has 2 unspecified atom stereocenters. The number of aryl methyl sites for hydroxylation is 1. The van der Waals surface area contributed by atoms with Crippen LogP contribution in [-0.2, 0) is 6.42 Å². The quantitative estimate of drug-likeness (QED) is 0.756. The Hall–Kier alpha value is -1.49. The third-order valence-corrected chi connectivity index (χ3v) is 7.23. The number of hydrogen-bond donors (Lipinski definition) is 2. The van der Waals surface area contributed by atoms with Gasteiger partial charge in [-0.3, -0.25) is 0 Å². The first kappa shape index (κ1) is 17.6. The Morgan fingerprint density at radius 2 is 1.89 bits per heavy atom. The third-order valence-electron chi connectivity index (χ3n) is 6.15. The first-order valence-corrected chi connectivity index (χ1v) is 11.2. The van der Waals surface area contributed by atoms with E-state index in [1.807, 2.05) is 11.9 Å². The molecule has 142 valence electrons. The monoisotopic (exact) mass is 379 g/mol. The van der Waals surface area contributed by atoms with Gasteiger partial charge in [0.1, 0.15) is 0 Å². The van der Waals surface area contributed by atoms with Crippen molar-refractivity contribution in [1.29, 1.82) is 0 Å². The van der Waals surface area contributed by atoms with E-state index in [4.69, 9.17) is 0 Å². The van der Waals surface area contributed by atoms with Gasteiger partial charge in [-0.25, -0.2) is 0 Å². The van der Waals surface area contributed by atoms with Crippen molar-refractivity contribution in [2.75, 3.05) is 23.9 Å². The minimum absolute atomic E-state index is 0.699. The molecular weight excluding hydrogens is 350 g/mol. The van der Waals surface area contributed by atoms with Crippen LogP contribution in [-0.4, -0.2) is 31.7 Å². The molecule has 1 saturated heterocycles. The summed E-state index contributed by atoms with van der Waals surface area (Å²) in [5.41, 5.74) is 4.50. The lowest BCUT2D eigenvalue weighted by atomic mass is 9.98. The fourth-order valence-corrected chi connectivity index (χ4v) is 5.59. The van der Waals surface area contributed by atoms with Crippen LogP contribution in [0.3, 0.4) is 0 Å². The third kappa shape index (κ3) is 4.03. The van der Waals surface area contributed by atoms with Crippen LogP contribution in [0.25, 0.3) is 0 Å². The van der Waals surface area contributed by atoms with Gasteiger partial charge in [0.2, 0.25) is 0 Å². The summed E-state index contributed by atoms with van der Waals surface area (Å²) in [6.07, 6.45) is 6.33. The molecule has 2 N–H and O–H groups in total. The molecule has 0 bridgehead atoms. The maximum atomic E-state index is 3.91. The zero-order valence-electron chi connectivity index (χ0n) is 15.9. The van der Waals surface area contributed by atoms with E-state index in [0.29, 0.717) is 6.04 Å². The maximum absolute atomic E-state index is 3.91. The number of hydrogen-bond acceptors (Lipinski definition) is 4. The molecule has 5 rings (SSSR count). The summed E-state index contributed by atoms with van der Waals surface area (Å²) in [4.78, 5) is 1.32. The molecule has 0 radical (unpaired) electrons. The number of fused-ring (bicyclic) bond motifs is 1. The number of piperidine rings is 1. The summed E-state index contributed by atoms with van der Waals surface area (Å²) in [6, 6.07) is 19.4. The van der Waals surface area contributed by atoms with E-state index >= 15 is 0 Å². The number of rotatable bonds is 5. The molecule has 2 aromatic carbocycles. The lowest BCUT2D eigenvalue weighted by Crippen LogP contribution is -2.41. The summed E-state index contributed by atoms with van der Waals surface area (Å²) in [5, 5.41) is 7.37. The second-order valence-corrected chi connectivity index (χ2v) is 9.23. The van der Waals surface area contributed by atoms with Crippen LogP contribution in [0.5, 0.6) is 0 Å². The predicted octanol–water partition coefficient (Wildman–Crippen LogP) is 4.34. The minimum Gasteiger partial charge on any atom is -0.317 e.